The fourth-order valence-electron chi connectivity index (χ4n) is 0.848. The van der Waals surface area contributed by atoms with Gasteiger partial charge in [0.05, 0.1) is 0 Å². The molecule has 0 bridgehead atoms. The summed E-state index contributed by atoms with van der Waals surface area (Å²) < 4.78 is 0. The lowest BCUT2D eigenvalue weighted by Crippen LogP contribution is -1.76. The molecule has 0 saturated carbocycles. The Hall–Kier alpha value is -1.11. The van der Waals surface area contributed by atoms with Gasteiger partial charge in [-0.15, -0.1) is 0 Å². The van der Waals surface area contributed by atoms with Crippen molar-refractivity contribution in [1.29, 1.82) is 0 Å². The highest BCUT2D eigenvalue weighted by Gasteiger charge is 1.86. The van der Waals surface area contributed by atoms with Crippen molar-refractivity contribution >= 4 is 6.08 Å². The van der Waals surface area contributed by atoms with Crippen LogP contribution < -0.4 is 0 Å². The van der Waals surface area contributed by atoms with E-state index < -0.39 is 0 Å². The number of hydrogen-bond donors (Lipinski definition) is 0. The molecule has 0 fully saturated rings. The predicted molar refractivity (Wildman–Crippen MR) is 48.2 cm³/mol. The summed E-state index contributed by atoms with van der Waals surface area (Å²) in [5.41, 5.74) is 2.57. The van der Waals surface area contributed by atoms with Gasteiger partial charge in [0.2, 0.25) is 0 Å². The van der Waals surface area contributed by atoms with Gasteiger partial charge in [0.15, 0.2) is 0 Å². The van der Waals surface area contributed by atoms with Gasteiger partial charge in [0.25, 0.3) is 0 Å². The van der Waals surface area contributed by atoms with Crippen molar-refractivity contribution in [2.24, 2.45) is 0 Å². The molecule has 0 aliphatic carbocycles. The number of allylic oxidation sites excluding steroid dienone is 1. The van der Waals surface area contributed by atoms with Gasteiger partial charge in [-0.2, -0.15) is 0 Å². The minimum Gasteiger partial charge on any atom is -0.264 e. The topological polar surface area (TPSA) is 12.9 Å². The Kier molecular flexibility index (Phi) is 2.84. The zero-order chi connectivity index (χ0) is 8.10. The molecule has 0 radical (unpaired) electrons. The SMILES string of the molecule is CC/C(C)=C\c1cccnc1. The number of nitrogens with zero attached hydrogens (tertiary/aromatic N) is 1. The normalized spacial score (nSPS) is 11.6. The molecule has 0 aliphatic rings. The third-order valence-corrected chi connectivity index (χ3v) is 1.66. The molecule has 1 heterocycles. The predicted octanol–water partition coefficient (Wildman–Crippen LogP) is 2.89. The van der Waals surface area contributed by atoms with Crippen LogP contribution in [0.25, 0.3) is 6.08 Å². The molecule has 0 unspecified atom stereocenters. The van der Waals surface area contributed by atoms with Gasteiger partial charge in [0.1, 0.15) is 0 Å². The first-order valence-electron chi connectivity index (χ1n) is 3.90. The van der Waals surface area contributed by atoms with Crippen molar-refractivity contribution in [2.75, 3.05) is 0 Å². The van der Waals surface area contributed by atoms with Gasteiger partial charge in [-0.05, 0) is 25.0 Å². The first kappa shape index (κ1) is 7.99. The molecule has 1 nitrogen and oxygen atoms in total. The Labute approximate surface area is 67.8 Å². The van der Waals surface area contributed by atoms with Crippen LogP contribution in [-0.2, 0) is 0 Å². The first-order valence-corrected chi connectivity index (χ1v) is 3.90. The summed E-state index contributed by atoms with van der Waals surface area (Å²) in [5, 5.41) is 0. The lowest BCUT2D eigenvalue weighted by Gasteiger charge is -1.94. The van der Waals surface area contributed by atoms with E-state index in [9.17, 15) is 0 Å². The summed E-state index contributed by atoms with van der Waals surface area (Å²) in [5.74, 6) is 0. The average molecular weight is 147 g/mol. The summed E-state index contributed by atoms with van der Waals surface area (Å²) >= 11 is 0. The minimum atomic E-state index is 1.11. The van der Waals surface area contributed by atoms with Crippen LogP contribution in [0.15, 0.2) is 30.1 Å². The summed E-state index contributed by atoms with van der Waals surface area (Å²) in [4.78, 5) is 4.03. The lowest BCUT2D eigenvalue weighted by molar-refractivity contribution is 1.11. The second-order valence-electron chi connectivity index (χ2n) is 2.63. The lowest BCUT2D eigenvalue weighted by atomic mass is 10.1. The molecule has 0 atom stereocenters. The van der Waals surface area contributed by atoms with E-state index in [1.54, 1.807) is 6.20 Å². The van der Waals surface area contributed by atoms with Crippen LogP contribution in [-0.4, -0.2) is 4.98 Å². The van der Waals surface area contributed by atoms with Crippen LogP contribution in [0.5, 0.6) is 0 Å². The van der Waals surface area contributed by atoms with Crippen molar-refractivity contribution in [2.45, 2.75) is 20.3 Å². The van der Waals surface area contributed by atoms with Gasteiger partial charge in [-0.3, -0.25) is 4.98 Å². The molecular weight excluding hydrogens is 134 g/mol. The van der Waals surface area contributed by atoms with Crippen molar-refractivity contribution < 1.29 is 0 Å². The van der Waals surface area contributed by atoms with E-state index >= 15 is 0 Å². The molecule has 11 heavy (non-hydrogen) atoms. The van der Waals surface area contributed by atoms with Gasteiger partial charge in [-0.25, -0.2) is 0 Å². The van der Waals surface area contributed by atoms with Crippen LogP contribution in [0.2, 0.25) is 0 Å². The molecule has 1 heteroatoms. The van der Waals surface area contributed by atoms with Crippen molar-refractivity contribution in [1.82, 2.24) is 4.98 Å². The molecule has 0 aromatic carbocycles. The van der Waals surface area contributed by atoms with E-state index in [1.807, 2.05) is 12.3 Å². The Balaban J connectivity index is 2.79. The van der Waals surface area contributed by atoms with E-state index in [-0.39, 0.29) is 0 Å². The maximum atomic E-state index is 4.03. The third kappa shape index (κ3) is 2.54. The third-order valence-electron chi connectivity index (χ3n) is 1.66. The van der Waals surface area contributed by atoms with Crippen LogP contribution in [0.3, 0.4) is 0 Å². The van der Waals surface area contributed by atoms with Gasteiger partial charge in [0, 0.05) is 12.4 Å². The molecule has 0 saturated heterocycles. The van der Waals surface area contributed by atoms with E-state index in [2.05, 4.69) is 31.0 Å². The van der Waals surface area contributed by atoms with Crippen molar-refractivity contribution in [3.63, 3.8) is 0 Å². The highest BCUT2D eigenvalue weighted by molar-refractivity contribution is 5.50. The van der Waals surface area contributed by atoms with Gasteiger partial charge >= 0.3 is 0 Å². The van der Waals surface area contributed by atoms with Gasteiger partial charge < -0.3 is 0 Å². The monoisotopic (exact) mass is 147 g/mol. The van der Waals surface area contributed by atoms with Gasteiger partial charge in [-0.1, -0.05) is 24.6 Å². The minimum absolute atomic E-state index is 1.11. The number of pyridine rings is 1. The van der Waals surface area contributed by atoms with Crippen LogP contribution in [0.4, 0.5) is 0 Å². The first-order chi connectivity index (χ1) is 5.33. The zero-order valence-corrected chi connectivity index (χ0v) is 7.04. The fraction of sp³-hybridized carbons (Fsp3) is 0.300. The number of aromatic nitrogens is 1. The molecule has 0 amide bonds. The van der Waals surface area contributed by atoms with E-state index in [0.717, 1.165) is 6.42 Å². The molecule has 1 aromatic rings. The molecule has 1 rings (SSSR count). The standard InChI is InChI=1S/C10H13N/c1-3-9(2)7-10-5-4-6-11-8-10/h4-8H,3H2,1-2H3/b9-7-. The molecule has 0 N–H and O–H groups in total. The molecule has 1 aromatic heterocycles. The quantitative estimate of drug-likeness (QED) is 0.626. The fourth-order valence-corrected chi connectivity index (χ4v) is 0.848. The summed E-state index contributed by atoms with van der Waals surface area (Å²) in [6.45, 7) is 4.29. The van der Waals surface area contributed by atoms with Crippen LogP contribution >= 0.6 is 0 Å². The van der Waals surface area contributed by atoms with Crippen molar-refractivity contribution in [3.05, 3.63) is 35.7 Å². The summed E-state index contributed by atoms with van der Waals surface area (Å²) in [6, 6.07) is 4.01. The maximum absolute atomic E-state index is 4.03. The number of hydrogen-bond acceptors (Lipinski definition) is 1. The van der Waals surface area contributed by atoms with Crippen molar-refractivity contribution in [3.8, 4) is 0 Å². The molecule has 0 spiro atoms. The summed E-state index contributed by atoms with van der Waals surface area (Å²) in [7, 11) is 0. The largest absolute Gasteiger partial charge is 0.264 e. The smallest absolute Gasteiger partial charge is 0.0340 e. The Morgan fingerprint density at radius 1 is 1.64 bits per heavy atom. The maximum Gasteiger partial charge on any atom is 0.0340 e. The number of rotatable bonds is 2. The van der Waals surface area contributed by atoms with Crippen LogP contribution in [0.1, 0.15) is 25.8 Å². The molecule has 0 aliphatic heterocycles. The van der Waals surface area contributed by atoms with E-state index in [1.165, 1.54) is 11.1 Å². The Morgan fingerprint density at radius 2 is 2.45 bits per heavy atom. The molecular formula is C10H13N. The Bertz CT molecular complexity index is 236. The second kappa shape index (κ2) is 3.91. The van der Waals surface area contributed by atoms with E-state index in [4.69, 9.17) is 0 Å². The van der Waals surface area contributed by atoms with Crippen LogP contribution in [0, 0.1) is 0 Å². The zero-order valence-electron chi connectivity index (χ0n) is 7.04. The average Bonchev–Trinajstić information content (AvgIpc) is 2.06. The Morgan fingerprint density at radius 3 is 3.00 bits per heavy atom. The molecule has 58 valence electrons. The second-order valence-corrected chi connectivity index (χ2v) is 2.63. The highest BCUT2D eigenvalue weighted by Crippen LogP contribution is 2.06. The highest BCUT2D eigenvalue weighted by atomic mass is 14.6. The summed E-state index contributed by atoms with van der Waals surface area (Å²) in [6.07, 6.45) is 6.93. The van der Waals surface area contributed by atoms with E-state index in [0.29, 0.717) is 0 Å².